The van der Waals surface area contributed by atoms with Crippen LogP contribution in [-0.2, 0) is 6.54 Å². The van der Waals surface area contributed by atoms with E-state index in [0.717, 1.165) is 10.2 Å². The Balaban J connectivity index is 2.09. The number of guanidine groups is 1. The van der Waals surface area contributed by atoms with Gasteiger partial charge in [0, 0.05) is 35.4 Å². The first-order chi connectivity index (χ1) is 13.0. The lowest BCUT2D eigenvalue weighted by Crippen LogP contribution is -2.30. The summed E-state index contributed by atoms with van der Waals surface area (Å²) in [5.41, 5.74) is 1.28. The van der Waals surface area contributed by atoms with E-state index in [1.54, 1.807) is 51.6 Å². The molecular formula is C18H20BrF2N3O3. The van der Waals surface area contributed by atoms with Gasteiger partial charge in [-0.25, -0.2) is 0 Å². The van der Waals surface area contributed by atoms with Crippen LogP contribution in [0.25, 0.3) is 0 Å². The van der Waals surface area contributed by atoms with E-state index in [1.165, 1.54) is 6.07 Å². The van der Waals surface area contributed by atoms with Crippen LogP contribution in [0.2, 0.25) is 0 Å². The summed E-state index contributed by atoms with van der Waals surface area (Å²) < 4.78 is 40.9. The molecule has 2 N–H and O–H groups in total. The monoisotopic (exact) mass is 443 g/mol. The Labute approximate surface area is 164 Å². The average Bonchev–Trinajstić information content (AvgIpc) is 2.66. The minimum atomic E-state index is -2.89. The van der Waals surface area contributed by atoms with Crippen molar-refractivity contribution in [1.82, 2.24) is 5.32 Å². The third-order valence-corrected chi connectivity index (χ3v) is 4.05. The normalized spacial score (nSPS) is 11.3. The summed E-state index contributed by atoms with van der Waals surface area (Å²) in [7, 11) is 4.71. The molecule has 9 heteroatoms. The highest BCUT2D eigenvalue weighted by molar-refractivity contribution is 9.10. The molecular weight excluding hydrogens is 424 g/mol. The molecule has 27 heavy (non-hydrogen) atoms. The molecule has 0 aliphatic rings. The molecule has 2 aromatic carbocycles. The zero-order valence-electron chi connectivity index (χ0n) is 15.1. The summed E-state index contributed by atoms with van der Waals surface area (Å²) >= 11 is 3.33. The molecule has 2 aromatic rings. The number of aliphatic imine (C=N–C) groups is 1. The third-order valence-electron chi connectivity index (χ3n) is 3.55. The predicted octanol–water partition coefficient (Wildman–Crippen LogP) is 4.26. The first-order valence-corrected chi connectivity index (χ1v) is 8.69. The van der Waals surface area contributed by atoms with Gasteiger partial charge in [-0.05, 0) is 30.3 Å². The van der Waals surface area contributed by atoms with Crippen molar-refractivity contribution in [1.29, 1.82) is 0 Å². The van der Waals surface area contributed by atoms with Gasteiger partial charge in [-0.1, -0.05) is 15.9 Å². The topological polar surface area (TPSA) is 64.1 Å². The molecule has 0 unspecified atom stereocenters. The fourth-order valence-electron chi connectivity index (χ4n) is 2.31. The third kappa shape index (κ3) is 5.99. The highest BCUT2D eigenvalue weighted by Gasteiger charge is 2.11. The lowest BCUT2D eigenvalue weighted by atomic mass is 10.2. The molecule has 0 saturated carbocycles. The number of methoxy groups -OCH3 is 2. The van der Waals surface area contributed by atoms with Crippen LogP contribution in [0.15, 0.2) is 45.9 Å². The van der Waals surface area contributed by atoms with Crippen LogP contribution in [-0.4, -0.2) is 33.8 Å². The summed E-state index contributed by atoms with van der Waals surface area (Å²) in [6, 6.07) is 10.1. The van der Waals surface area contributed by atoms with Crippen molar-refractivity contribution in [2.45, 2.75) is 13.2 Å². The molecule has 0 radical (unpaired) electrons. The van der Waals surface area contributed by atoms with Crippen molar-refractivity contribution in [3.8, 4) is 17.2 Å². The van der Waals surface area contributed by atoms with Crippen molar-refractivity contribution in [3.63, 3.8) is 0 Å². The molecule has 0 heterocycles. The lowest BCUT2D eigenvalue weighted by molar-refractivity contribution is -0.0504. The minimum Gasteiger partial charge on any atom is -0.493 e. The maximum absolute atomic E-state index is 12.6. The van der Waals surface area contributed by atoms with Gasteiger partial charge in [-0.15, -0.1) is 0 Å². The molecule has 0 aliphatic heterocycles. The van der Waals surface area contributed by atoms with E-state index in [9.17, 15) is 8.78 Å². The molecule has 0 atom stereocenters. The lowest BCUT2D eigenvalue weighted by Gasteiger charge is -2.16. The first-order valence-electron chi connectivity index (χ1n) is 7.89. The highest BCUT2D eigenvalue weighted by Crippen LogP contribution is 2.29. The zero-order valence-corrected chi connectivity index (χ0v) is 16.6. The maximum atomic E-state index is 12.6. The van der Waals surface area contributed by atoms with Crippen LogP contribution < -0.4 is 24.8 Å². The van der Waals surface area contributed by atoms with Crippen LogP contribution in [0, 0.1) is 0 Å². The second-order valence-corrected chi connectivity index (χ2v) is 6.17. The number of alkyl halides is 2. The predicted molar refractivity (Wildman–Crippen MR) is 104 cm³/mol. The van der Waals surface area contributed by atoms with Gasteiger partial charge in [-0.2, -0.15) is 8.78 Å². The van der Waals surface area contributed by atoms with Gasteiger partial charge in [0.15, 0.2) is 17.5 Å². The first kappa shape index (κ1) is 20.8. The molecule has 0 amide bonds. The Morgan fingerprint density at radius 3 is 2.41 bits per heavy atom. The molecule has 0 bridgehead atoms. The number of nitrogens with one attached hydrogen (secondary N) is 2. The Bertz CT molecular complexity index is 803. The van der Waals surface area contributed by atoms with E-state index in [0.29, 0.717) is 23.0 Å². The molecule has 0 aliphatic carbocycles. The van der Waals surface area contributed by atoms with Gasteiger partial charge in [0.05, 0.1) is 14.2 Å². The molecule has 0 saturated heterocycles. The second-order valence-electron chi connectivity index (χ2n) is 5.25. The molecule has 0 fully saturated rings. The molecule has 0 spiro atoms. The zero-order chi connectivity index (χ0) is 19.8. The van der Waals surface area contributed by atoms with Crippen LogP contribution in [0.4, 0.5) is 14.5 Å². The Kier molecular flexibility index (Phi) is 7.66. The van der Waals surface area contributed by atoms with Gasteiger partial charge in [0.1, 0.15) is 5.75 Å². The van der Waals surface area contributed by atoms with Crippen LogP contribution in [0.5, 0.6) is 17.2 Å². The van der Waals surface area contributed by atoms with Crippen LogP contribution >= 0.6 is 15.9 Å². The van der Waals surface area contributed by atoms with Gasteiger partial charge in [0.25, 0.3) is 0 Å². The van der Waals surface area contributed by atoms with E-state index in [-0.39, 0.29) is 12.3 Å². The van der Waals surface area contributed by atoms with E-state index in [1.807, 2.05) is 0 Å². The average molecular weight is 444 g/mol. The van der Waals surface area contributed by atoms with E-state index < -0.39 is 6.61 Å². The summed E-state index contributed by atoms with van der Waals surface area (Å²) in [6.07, 6.45) is 0. The standard InChI is InChI=1S/C18H20BrF2N3O3/c1-22-18(24-13-5-7-15(25-2)16(9-13)26-3)23-10-11-8-12(19)4-6-14(11)27-17(20)21/h4-9,17H,10H2,1-3H3,(H2,22,23,24). The van der Waals surface area contributed by atoms with Gasteiger partial charge in [0.2, 0.25) is 0 Å². The summed E-state index contributed by atoms with van der Waals surface area (Å²) in [5.74, 6) is 1.72. The largest absolute Gasteiger partial charge is 0.493 e. The minimum absolute atomic E-state index is 0.0993. The molecule has 6 nitrogen and oxygen atoms in total. The Hall–Kier alpha value is -2.55. The van der Waals surface area contributed by atoms with Crippen molar-refractivity contribution in [2.24, 2.45) is 4.99 Å². The van der Waals surface area contributed by atoms with Gasteiger partial charge in [-0.3, -0.25) is 4.99 Å². The number of rotatable bonds is 7. The number of benzene rings is 2. The Morgan fingerprint density at radius 1 is 1.07 bits per heavy atom. The van der Waals surface area contributed by atoms with Crippen LogP contribution in [0.3, 0.4) is 0 Å². The SMILES string of the molecule is CN=C(NCc1cc(Br)ccc1OC(F)F)Nc1ccc(OC)c(OC)c1. The van der Waals surface area contributed by atoms with Crippen molar-refractivity contribution in [2.75, 3.05) is 26.6 Å². The van der Waals surface area contributed by atoms with E-state index in [4.69, 9.17) is 9.47 Å². The number of halogens is 3. The number of anilines is 1. The van der Waals surface area contributed by atoms with Crippen LogP contribution in [0.1, 0.15) is 5.56 Å². The quantitative estimate of drug-likeness (QED) is 0.494. The summed E-state index contributed by atoms with van der Waals surface area (Å²) in [5, 5.41) is 6.16. The highest BCUT2D eigenvalue weighted by atomic mass is 79.9. The maximum Gasteiger partial charge on any atom is 0.387 e. The van der Waals surface area contributed by atoms with Gasteiger partial charge < -0.3 is 24.8 Å². The number of ether oxygens (including phenoxy) is 3. The number of nitrogens with zero attached hydrogens (tertiary/aromatic N) is 1. The summed E-state index contributed by atoms with van der Waals surface area (Å²) in [4.78, 5) is 4.13. The van der Waals surface area contributed by atoms with E-state index >= 15 is 0 Å². The molecule has 0 aromatic heterocycles. The number of hydrogen-bond donors (Lipinski definition) is 2. The van der Waals surface area contributed by atoms with Crippen molar-refractivity contribution < 1.29 is 23.0 Å². The molecule has 2 rings (SSSR count). The van der Waals surface area contributed by atoms with Crippen molar-refractivity contribution >= 4 is 27.6 Å². The Morgan fingerprint density at radius 2 is 1.78 bits per heavy atom. The molecule has 146 valence electrons. The number of hydrogen-bond acceptors (Lipinski definition) is 4. The van der Waals surface area contributed by atoms with Gasteiger partial charge >= 0.3 is 6.61 Å². The smallest absolute Gasteiger partial charge is 0.387 e. The van der Waals surface area contributed by atoms with Crippen molar-refractivity contribution in [3.05, 3.63) is 46.4 Å². The summed E-state index contributed by atoms with van der Waals surface area (Å²) in [6.45, 7) is -2.66. The second kappa shape index (κ2) is 9.96. The fraction of sp³-hybridized carbons (Fsp3) is 0.278. The van der Waals surface area contributed by atoms with E-state index in [2.05, 4.69) is 36.3 Å². The fourth-order valence-corrected chi connectivity index (χ4v) is 2.71.